The van der Waals surface area contributed by atoms with Crippen LogP contribution in [0.15, 0.2) is 27.8 Å². The average Bonchev–Trinajstić information content (AvgIpc) is 3.15. The first-order valence-electron chi connectivity index (χ1n) is 9.05. The number of hydrogen-bond acceptors (Lipinski definition) is 7. The van der Waals surface area contributed by atoms with Gasteiger partial charge in [-0.25, -0.2) is 0 Å². The zero-order chi connectivity index (χ0) is 19.6. The van der Waals surface area contributed by atoms with Crippen molar-refractivity contribution >= 4 is 17.7 Å². The Hall–Kier alpha value is -2.22. The highest BCUT2D eigenvalue weighted by Crippen LogP contribution is 2.32. The van der Waals surface area contributed by atoms with Crippen LogP contribution >= 0.6 is 11.8 Å². The van der Waals surface area contributed by atoms with Gasteiger partial charge in [-0.1, -0.05) is 37.9 Å². The predicted octanol–water partition coefficient (Wildman–Crippen LogP) is 3.93. The molecule has 2 aromatic rings. The fraction of sp³-hybridized carbons (Fsp3) is 0.526. The van der Waals surface area contributed by atoms with Crippen molar-refractivity contribution in [2.75, 3.05) is 20.0 Å². The molecule has 1 atom stereocenters. The van der Waals surface area contributed by atoms with Crippen LogP contribution in [-0.4, -0.2) is 42.1 Å². The van der Waals surface area contributed by atoms with Gasteiger partial charge < -0.3 is 19.2 Å². The number of ether oxygens (including phenoxy) is 2. The van der Waals surface area contributed by atoms with E-state index in [1.54, 1.807) is 26.4 Å². The molecule has 7 nitrogen and oxygen atoms in total. The molecule has 8 heteroatoms. The first-order chi connectivity index (χ1) is 13.1. The maximum atomic E-state index is 12.0. The molecule has 1 heterocycles. The van der Waals surface area contributed by atoms with Crippen molar-refractivity contribution in [2.45, 2.75) is 50.8 Å². The highest BCUT2D eigenvalue weighted by atomic mass is 32.2. The summed E-state index contributed by atoms with van der Waals surface area (Å²) in [6.45, 7) is 4.20. The van der Waals surface area contributed by atoms with Gasteiger partial charge in [0.25, 0.3) is 5.22 Å². The molecule has 0 saturated heterocycles. The molecule has 0 fully saturated rings. The Morgan fingerprint density at radius 2 is 2.00 bits per heavy atom. The van der Waals surface area contributed by atoms with Gasteiger partial charge in [-0.15, -0.1) is 10.2 Å². The minimum Gasteiger partial charge on any atom is -0.493 e. The average molecular weight is 394 g/mol. The van der Waals surface area contributed by atoms with E-state index >= 15 is 0 Å². The number of nitrogens with one attached hydrogen (secondary N) is 1. The van der Waals surface area contributed by atoms with Crippen molar-refractivity contribution in [1.29, 1.82) is 0 Å². The summed E-state index contributed by atoms with van der Waals surface area (Å²) in [6, 6.07) is 5.53. The number of unbranched alkanes of at least 4 members (excludes halogenated alkanes) is 2. The lowest BCUT2D eigenvalue weighted by atomic mass is 10.1. The number of carbonyl (C=O) groups excluding carboxylic acids is 1. The normalized spacial score (nSPS) is 11.9. The van der Waals surface area contributed by atoms with Crippen LogP contribution in [0.25, 0.3) is 11.5 Å². The van der Waals surface area contributed by atoms with E-state index in [-0.39, 0.29) is 17.7 Å². The molecule has 1 aromatic heterocycles. The highest BCUT2D eigenvalue weighted by Gasteiger charge is 2.14. The van der Waals surface area contributed by atoms with Gasteiger partial charge in [0, 0.05) is 11.6 Å². The number of aromatic nitrogens is 2. The van der Waals surface area contributed by atoms with Gasteiger partial charge in [0.1, 0.15) is 0 Å². The Morgan fingerprint density at radius 3 is 2.70 bits per heavy atom. The SMILES string of the molecule is CCCCC[C@H](C)NC(=O)CSc1nnc(-c2ccc(OC)c(OC)c2)o1. The van der Waals surface area contributed by atoms with Crippen LogP contribution in [0.3, 0.4) is 0 Å². The van der Waals surface area contributed by atoms with Crippen LogP contribution in [0.4, 0.5) is 0 Å². The zero-order valence-corrected chi connectivity index (χ0v) is 17.1. The minimum absolute atomic E-state index is 0.0325. The first kappa shape index (κ1) is 21.1. The maximum absolute atomic E-state index is 12.0. The summed E-state index contributed by atoms with van der Waals surface area (Å²) in [5.74, 6) is 1.78. The van der Waals surface area contributed by atoms with E-state index in [0.29, 0.717) is 22.6 Å². The smallest absolute Gasteiger partial charge is 0.277 e. The Labute approximate surface area is 164 Å². The summed E-state index contributed by atoms with van der Waals surface area (Å²) < 4.78 is 16.1. The van der Waals surface area contributed by atoms with Crippen molar-refractivity contribution in [3.8, 4) is 23.0 Å². The molecule has 0 aliphatic rings. The van der Waals surface area contributed by atoms with E-state index < -0.39 is 0 Å². The van der Waals surface area contributed by atoms with Crippen LogP contribution in [0.2, 0.25) is 0 Å². The number of thioether (sulfide) groups is 1. The lowest BCUT2D eigenvalue weighted by Gasteiger charge is -2.12. The third-order valence-corrected chi connectivity index (χ3v) is 4.83. The number of methoxy groups -OCH3 is 2. The topological polar surface area (TPSA) is 86.5 Å². The van der Waals surface area contributed by atoms with Gasteiger partial charge in [-0.2, -0.15) is 0 Å². The fourth-order valence-corrected chi connectivity index (χ4v) is 3.14. The Balaban J connectivity index is 1.88. The van der Waals surface area contributed by atoms with E-state index in [4.69, 9.17) is 13.9 Å². The third-order valence-electron chi connectivity index (χ3n) is 4.01. The molecule has 0 saturated carbocycles. The van der Waals surface area contributed by atoms with E-state index in [1.165, 1.54) is 24.6 Å². The van der Waals surface area contributed by atoms with Gasteiger partial charge in [0.2, 0.25) is 11.8 Å². The van der Waals surface area contributed by atoms with Crippen molar-refractivity contribution < 1.29 is 18.7 Å². The van der Waals surface area contributed by atoms with E-state index in [9.17, 15) is 4.79 Å². The number of benzene rings is 1. The lowest BCUT2D eigenvalue weighted by Crippen LogP contribution is -2.33. The van der Waals surface area contributed by atoms with Gasteiger partial charge >= 0.3 is 0 Å². The quantitative estimate of drug-likeness (QED) is 0.457. The minimum atomic E-state index is -0.0325. The molecule has 0 aliphatic carbocycles. The lowest BCUT2D eigenvalue weighted by molar-refractivity contribution is -0.119. The first-order valence-corrected chi connectivity index (χ1v) is 10.0. The Bertz CT molecular complexity index is 735. The molecular formula is C19H27N3O4S. The highest BCUT2D eigenvalue weighted by molar-refractivity contribution is 7.99. The fourth-order valence-electron chi connectivity index (χ4n) is 2.57. The van der Waals surface area contributed by atoms with Crippen LogP contribution in [0.1, 0.15) is 39.5 Å². The number of hydrogen-bond donors (Lipinski definition) is 1. The van der Waals surface area contributed by atoms with Crippen LogP contribution < -0.4 is 14.8 Å². The van der Waals surface area contributed by atoms with E-state index in [2.05, 4.69) is 22.4 Å². The molecule has 148 valence electrons. The summed E-state index contributed by atoms with van der Waals surface area (Å²) in [4.78, 5) is 12.0. The zero-order valence-electron chi connectivity index (χ0n) is 16.3. The monoisotopic (exact) mass is 393 g/mol. The second kappa shape index (κ2) is 10.8. The number of nitrogens with zero attached hydrogens (tertiary/aromatic N) is 2. The summed E-state index contributed by atoms with van der Waals surface area (Å²) in [5.41, 5.74) is 0.723. The summed E-state index contributed by atoms with van der Waals surface area (Å²) >= 11 is 1.22. The van der Waals surface area contributed by atoms with E-state index in [0.717, 1.165) is 18.4 Å². The molecule has 0 radical (unpaired) electrons. The molecule has 0 aliphatic heterocycles. The van der Waals surface area contributed by atoms with Gasteiger partial charge in [0.15, 0.2) is 11.5 Å². The van der Waals surface area contributed by atoms with Gasteiger partial charge in [-0.3, -0.25) is 4.79 Å². The summed E-state index contributed by atoms with van der Waals surface area (Å²) in [6.07, 6.45) is 4.49. The van der Waals surface area contributed by atoms with Crippen molar-refractivity contribution in [3.63, 3.8) is 0 Å². The molecule has 1 amide bonds. The molecule has 1 aromatic carbocycles. The van der Waals surface area contributed by atoms with Crippen LogP contribution in [-0.2, 0) is 4.79 Å². The molecule has 0 unspecified atom stereocenters. The second-order valence-corrected chi connectivity index (χ2v) is 7.12. The standard InChI is InChI=1S/C19H27N3O4S/c1-5-6-7-8-13(2)20-17(23)12-27-19-22-21-18(26-19)14-9-10-15(24-3)16(11-14)25-4/h9-11,13H,5-8,12H2,1-4H3,(H,20,23)/t13-/m0/s1. The van der Waals surface area contributed by atoms with E-state index in [1.807, 2.05) is 13.0 Å². The molecule has 1 N–H and O–H groups in total. The summed E-state index contributed by atoms with van der Waals surface area (Å²) in [5, 5.41) is 11.4. The number of rotatable bonds is 11. The summed E-state index contributed by atoms with van der Waals surface area (Å²) in [7, 11) is 3.15. The third kappa shape index (κ3) is 6.46. The largest absolute Gasteiger partial charge is 0.493 e. The molecule has 0 bridgehead atoms. The Morgan fingerprint density at radius 1 is 1.22 bits per heavy atom. The number of amides is 1. The molecule has 27 heavy (non-hydrogen) atoms. The van der Waals surface area contributed by atoms with Crippen LogP contribution in [0.5, 0.6) is 11.5 Å². The van der Waals surface area contributed by atoms with Crippen LogP contribution in [0, 0.1) is 0 Å². The molecule has 0 spiro atoms. The second-order valence-electron chi connectivity index (χ2n) is 6.20. The van der Waals surface area contributed by atoms with Crippen molar-refractivity contribution in [1.82, 2.24) is 15.5 Å². The maximum Gasteiger partial charge on any atom is 0.277 e. The predicted molar refractivity (Wildman–Crippen MR) is 105 cm³/mol. The molecule has 2 rings (SSSR count). The van der Waals surface area contributed by atoms with Crippen molar-refractivity contribution in [2.24, 2.45) is 0 Å². The Kier molecular flexibility index (Phi) is 8.44. The molecular weight excluding hydrogens is 366 g/mol. The van der Waals surface area contributed by atoms with Gasteiger partial charge in [-0.05, 0) is 31.5 Å². The van der Waals surface area contributed by atoms with Crippen molar-refractivity contribution in [3.05, 3.63) is 18.2 Å². The van der Waals surface area contributed by atoms with Gasteiger partial charge in [0.05, 0.1) is 20.0 Å². The number of carbonyl (C=O) groups is 1.